The van der Waals surface area contributed by atoms with Crippen LogP contribution in [-0.2, 0) is 6.42 Å². The lowest BCUT2D eigenvalue weighted by atomic mass is 10.3. The Hall–Kier alpha value is -1.82. The number of rotatable bonds is 6. The fourth-order valence-corrected chi connectivity index (χ4v) is 2.37. The van der Waals surface area contributed by atoms with Crippen molar-refractivity contribution in [3.8, 4) is 5.75 Å². The third kappa shape index (κ3) is 3.10. The molecule has 0 unspecified atom stereocenters. The van der Waals surface area contributed by atoms with E-state index >= 15 is 0 Å². The molecule has 2 rings (SSSR count). The topological polar surface area (TPSA) is 67.0 Å². The number of nitrogens with zero attached hydrogens (tertiary/aromatic N) is 1. The molecular formula is C12H15N3O2S. The summed E-state index contributed by atoms with van der Waals surface area (Å²) in [5.41, 5.74) is 0. The maximum Gasteiger partial charge on any atom is 0.265 e. The maximum atomic E-state index is 11.8. The van der Waals surface area contributed by atoms with E-state index < -0.39 is 0 Å². The van der Waals surface area contributed by atoms with Crippen molar-refractivity contribution in [2.24, 2.45) is 0 Å². The average Bonchev–Trinajstić information content (AvgIpc) is 3.04. The second-order valence-corrected chi connectivity index (χ2v) is 4.63. The number of aryl methyl sites for hydroxylation is 1. The Labute approximate surface area is 109 Å². The molecule has 6 heteroatoms. The minimum absolute atomic E-state index is 0.0821. The van der Waals surface area contributed by atoms with Crippen molar-refractivity contribution >= 4 is 17.2 Å². The van der Waals surface area contributed by atoms with Crippen LogP contribution in [-0.4, -0.2) is 29.5 Å². The third-order valence-electron chi connectivity index (χ3n) is 2.49. The minimum Gasteiger partial charge on any atom is -0.495 e. The zero-order valence-electron chi connectivity index (χ0n) is 10.1. The molecule has 96 valence electrons. The molecule has 1 amide bonds. The van der Waals surface area contributed by atoms with Crippen LogP contribution in [0.3, 0.4) is 0 Å². The molecule has 0 saturated heterocycles. The van der Waals surface area contributed by atoms with Gasteiger partial charge in [-0.1, -0.05) is 0 Å². The van der Waals surface area contributed by atoms with E-state index in [2.05, 4.69) is 15.3 Å². The Morgan fingerprint density at radius 1 is 1.61 bits per heavy atom. The molecule has 2 heterocycles. The average molecular weight is 265 g/mol. The number of carbonyl (C=O) groups excluding carboxylic acids is 1. The molecule has 2 N–H and O–H groups in total. The van der Waals surface area contributed by atoms with E-state index in [0.717, 1.165) is 18.7 Å². The summed E-state index contributed by atoms with van der Waals surface area (Å²) in [5.74, 6) is 1.49. The van der Waals surface area contributed by atoms with Gasteiger partial charge in [-0.15, -0.1) is 11.3 Å². The molecule has 0 fully saturated rings. The van der Waals surface area contributed by atoms with Crippen LogP contribution < -0.4 is 10.1 Å². The number of hydrogen-bond acceptors (Lipinski definition) is 4. The highest BCUT2D eigenvalue weighted by molar-refractivity contribution is 7.12. The van der Waals surface area contributed by atoms with Gasteiger partial charge in [0.25, 0.3) is 5.91 Å². The molecule has 0 aliphatic carbocycles. The molecule has 0 atom stereocenters. The highest BCUT2D eigenvalue weighted by Gasteiger charge is 2.12. The zero-order valence-corrected chi connectivity index (χ0v) is 10.9. The van der Waals surface area contributed by atoms with Gasteiger partial charge in [0.15, 0.2) is 0 Å². The Morgan fingerprint density at radius 2 is 2.50 bits per heavy atom. The molecule has 18 heavy (non-hydrogen) atoms. The molecule has 0 bridgehead atoms. The predicted octanol–water partition coefficient (Wildman–Crippen LogP) is 1.84. The predicted molar refractivity (Wildman–Crippen MR) is 70.1 cm³/mol. The summed E-state index contributed by atoms with van der Waals surface area (Å²) < 4.78 is 5.11. The van der Waals surface area contributed by atoms with E-state index in [1.807, 2.05) is 5.38 Å². The van der Waals surface area contributed by atoms with E-state index in [9.17, 15) is 4.79 Å². The van der Waals surface area contributed by atoms with Crippen LogP contribution in [0.15, 0.2) is 23.8 Å². The van der Waals surface area contributed by atoms with Gasteiger partial charge in [-0.25, -0.2) is 4.98 Å². The smallest absolute Gasteiger partial charge is 0.265 e. The van der Waals surface area contributed by atoms with Crippen LogP contribution in [0, 0.1) is 0 Å². The third-order valence-corrected chi connectivity index (χ3v) is 3.38. The second kappa shape index (κ2) is 6.20. The van der Waals surface area contributed by atoms with Gasteiger partial charge in [0.05, 0.1) is 7.11 Å². The van der Waals surface area contributed by atoms with Crippen molar-refractivity contribution in [2.45, 2.75) is 12.8 Å². The van der Waals surface area contributed by atoms with Crippen molar-refractivity contribution in [3.05, 3.63) is 34.5 Å². The largest absolute Gasteiger partial charge is 0.495 e. The Balaban J connectivity index is 1.75. The molecular weight excluding hydrogens is 250 g/mol. The zero-order chi connectivity index (χ0) is 12.8. The summed E-state index contributed by atoms with van der Waals surface area (Å²) in [7, 11) is 1.57. The van der Waals surface area contributed by atoms with Crippen LogP contribution in [0.4, 0.5) is 0 Å². The van der Waals surface area contributed by atoms with Crippen LogP contribution in [0.2, 0.25) is 0 Å². The van der Waals surface area contributed by atoms with Crippen LogP contribution in [0.5, 0.6) is 5.75 Å². The minimum atomic E-state index is -0.0821. The van der Waals surface area contributed by atoms with Gasteiger partial charge in [0, 0.05) is 25.4 Å². The standard InChI is InChI=1S/C12H15N3O2S/c1-17-9-4-8-18-11(9)12(16)15-5-2-3-10-13-6-7-14-10/h4,6-8H,2-3,5H2,1H3,(H,13,14)(H,15,16). The first-order valence-electron chi connectivity index (χ1n) is 5.69. The number of carbonyl (C=O) groups is 1. The number of H-pyrrole nitrogens is 1. The fourth-order valence-electron chi connectivity index (χ4n) is 1.60. The summed E-state index contributed by atoms with van der Waals surface area (Å²) in [5, 5.41) is 4.72. The number of nitrogens with one attached hydrogen (secondary N) is 2. The van der Waals surface area contributed by atoms with Gasteiger partial charge in [-0.2, -0.15) is 0 Å². The van der Waals surface area contributed by atoms with Gasteiger partial charge < -0.3 is 15.0 Å². The number of aromatic amines is 1. The van der Waals surface area contributed by atoms with E-state index in [1.165, 1.54) is 11.3 Å². The lowest BCUT2D eigenvalue weighted by Gasteiger charge is -2.04. The van der Waals surface area contributed by atoms with Gasteiger partial charge in [-0.05, 0) is 17.9 Å². The van der Waals surface area contributed by atoms with Gasteiger partial charge in [0.2, 0.25) is 0 Å². The first-order chi connectivity index (χ1) is 8.81. The second-order valence-electron chi connectivity index (χ2n) is 3.71. The normalized spacial score (nSPS) is 10.3. The number of amides is 1. The SMILES string of the molecule is COc1ccsc1C(=O)NCCCc1ncc[nH]1. The van der Waals surface area contributed by atoms with Gasteiger partial charge in [-0.3, -0.25) is 4.79 Å². The molecule has 0 aromatic carbocycles. The summed E-state index contributed by atoms with van der Waals surface area (Å²) >= 11 is 1.38. The Morgan fingerprint density at radius 3 is 3.22 bits per heavy atom. The van der Waals surface area contributed by atoms with Crippen molar-refractivity contribution in [2.75, 3.05) is 13.7 Å². The first-order valence-corrected chi connectivity index (χ1v) is 6.57. The number of imidazole rings is 1. The molecule has 5 nitrogen and oxygen atoms in total. The van der Waals surface area contributed by atoms with Gasteiger partial charge in [0.1, 0.15) is 16.5 Å². The molecule has 0 radical (unpaired) electrons. The van der Waals surface area contributed by atoms with E-state index in [4.69, 9.17) is 4.74 Å². The molecule has 0 saturated carbocycles. The Kier molecular flexibility index (Phi) is 4.35. The van der Waals surface area contributed by atoms with Crippen molar-refractivity contribution in [3.63, 3.8) is 0 Å². The molecule has 0 aliphatic heterocycles. The number of hydrogen-bond donors (Lipinski definition) is 2. The lowest BCUT2D eigenvalue weighted by Crippen LogP contribution is -2.24. The number of ether oxygens (including phenoxy) is 1. The van der Waals surface area contributed by atoms with E-state index in [-0.39, 0.29) is 5.91 Å². The van der Waals surface area contributed by atoms with Crippen molar-refractivity contribution < 1.29 is 9.53 Å². The first kappa shape index (κ1) is 12.6. The fraction of sp³-hybridized carbons (Fsp3) is 0.333. The quantitative estimate of drug-likeness (QED) is 0.783. The maximum absolute atomic E-state index is 11.8. The van der Waals surface area contributed by atoms with Crippen LogP contribution in [0.25, 0.3) is 0 Å². The summed E-state index contributed by atoms with van der Waals surface area (Å²) in [6.45, 7) is 0.626. The monoisotopic (exact) mass is 265 g/mol. The highest BCUT2D eigenvalue weighted by atomic mass is 32.1. The van der Waals surface area contributed by atoms with Crippen molar-refractivity contribution in [1.82, 2.24) is 15.3 Å². The lowest BCUT2D eigenvalue weighted by molar-refractivity contribution is 0.0954. The molecule has 0 aliphatic rings. The summed E-state index contributed by atoms with van der Waals surface area (Å²) in [4.78, 5) is 19.6. The number of aromatic nitrogens is 2. The summed E-state index contributed by atoms with van der Waals surface area (Å²) in [6.07, 6.45) is 5.21. The number of methoxy groups -OCH3 is 1. The van der Waals surface area contributed by atoms with Gasteiger partial charge >= 0.3 is 0 Å². The highest BCUT2D eigenvalue weighted by Crippen LogP contribution is 2.23. The Bertz CT molecular complexity index is 493. The summed E-state index contributed by atoms with van der Waals surface area (Å²) in [6, 6.07) is 1.79. The number of thiophene rings is 1. The van der Waals surface area contributed by atoms with Crippen LogP contribution in [0.1, 0.15) is 21.9 Å². The van der Waals surface area contributed by atoms with E-state index in [0.29, 0.717) is 17.2 Å². The molecule has 2 aromatic rings. The van der Waals surface area contributed by atoms with Crippen LogP contribution >= 0.6 is 11.3 Å². The van der Waals surface area contributed by atoms with E-state index in [1.54, 1.807) is 25.6 Å². The molecule has 0 spiro atoms. The molecule has 2 aromatic heterocycles. The van der Waals surface area contributed by atoms with Crippen molar-refractivity contribution in [1.29, 1.82) is 0 Å².